The fraction of sp³-hybridized carbons (Fsp3) is 0.875. The van der Waals surface area contributed by atoms with Gasteiger partial charge in [0.15, 0.2) is 0 Å². The Kier molecular flexibility index (Phi) is 4.66. The first-order valence-corrected chi connectivity index (χ1v) is 6.65. The zero-order valence-corrected chi connectivity index (χ0v) is 10.3. The number of likely N-dealkylation sites (N-methyl/N-ethyl adjacent to an activating group) is 1. The molecule has 1 rings (SSSR count). The molecule has 1 saturated heterocycles. The van der Waals surface area contributed by atoms with Gasteiger partial charge in [-0.25, -0.2) is 4.72 Å². The molecule has 1 unspecified atom stereocenters. The number of hydrogen-bond donors (Lipinski definition) is 3. The number of hydrogen-bond acceptors (Lipinski definition) is 4. The molecule has 1 atom stereocenters. The Morgan fingerprint density at radius 3 is 2.81 bits per heavy atom. The zero-order valence-electron chi connectivity index (χ0n) is 9.49. The fourth-order valence-electron chi connectivity index (χ4n) is 1.63. The van der Waals surface area contributed by atoms with Crippen molar-refractivity contribution in [2.45, 2.75) is 13.0 Å². The standard InChI is InChI=1S/C8H18N4O3S/c1-3-11-16(14,15)12-5-4-10-6-7(12)8(13)9-2/h7,10-11H,3-6H2,1-2H3,(H,9,13). The lowest BCUT2D eigenvalue weighted by molar-refractivity contribution is -0.124. The quantitative estimate of drug-likeness (QED) is 0.531. The van der Waals surface area contributed by atoms with Crippen LogP contribution in [0.2, 0.25) is 0 Å². The molecule has 3 N–H and O–H groups in total. The molecule has 1 amide bonds. The summed E-state index contributed by atoms with van der Waals surface area (Å²) in [5.74, 6) is -0.298. The highest BCUT2D eigenvalue weighted by atomic mass is 32.2. The van der Waals surface area contributed by atoms with Gasteiger partial charge in [0.05, 0.1) is 0 Å². The average molecular weight is 250 g/mol. The van der Waals surface area contributed by atoms with E-state index in [0.29, 0.717) is 26.2 Å². The van der Waals surface area contributed by atoms with E-state index in [2.05, 4.69) is 15.4 Å². The van der Waals surface area contributed by atoms with Crippen molar-refractivity contribution in [3.63, 3.8) is 0 Å². The molecule has 1 aliphatic heterocycles. The summed E-state index contributed by atoms with van der Waals surface area (Å²) in [6, 6.07) is -0.678. The van der Waals surface area contributed by atoms with Crippen LogP contribution in [0.15, 0.2) is 0 Å². The molecule has 0 aromatic carbocycles. The van der Waals surface area contributed by atoms with E-state index in [1.54, 1.807) is 6.92 Å². The number of rotatable bonds is 4. The third-order valence-electron chi connectivity index (χ3n) is 2.38. The Morgan fingerprint density at radius 2 is 2.25 bits per heavy atom. The first-order chi connectivity index (χ1) is 7.53. The molecular formula is C8H18N4O3S. The third-order valence-corrected chi connectivity index (χ3v) is 4.09. The largest absolute Gasteiger partial charge is 0.358 e. The molecule has 16 heavy (non-hydrogen) atoms. The minimum atomic E-state index is -3.56. The molecule has 0 aliphatic carbocycles. The van der Waals surface area contributed by atoms with Crippen molar-refractivity contribution in [1.29, 1.82) is 0 Å². The molecule has 0 saturated carbocycles. The lowest BCUT2D eigenvalue weighted by atomic mass is 10.2. The van der Waals surface area contributed by atoms with Crippen molar-refractivity contribution >= 4 is 16.1 Å². The Morgan fingerprint density at radius 1 is 1.56 bits per heavy atom. The van der Waals surface area contributed by atoms with Crippen LogP contribution in [0.1, 0.15) is 6.92 Å². The topological polar surface area (TPSA) is 90.5 Å². The molecule has 1 aliphatic rings. The minimum absolute atomic E-state index is 0.298. The van der Waals surface area contributed by atoms with Gasteiger partial charge in [0.2, 0.25) is 5.91 Å². The molecular weight excluding hydrogens is 232 g/mol. The van der Waals surface area contributed by atoms with Crippen LogP contribution in [-0.4, -0.2) is 57.9 Å². The second-order valence-electron chi connectivity index (χ2n) is 3.45. The van der Waals surface area contributed by atoms with Crippen LogP contribution in [0.5, 0.6) is 0 Å². The number of carbonyl (C=O) groups excluding carboxylic acids is 1. The Bertz CT molecular complexity index is 343. The number of piperazine rings is 1. The van der Waals surface area contributed by atoms with Crippen molar-refractivity contribution < 1.29 is 13.2 Å². The summed E-state index contributed by atoms with van der Waals surface area (Å²) >= 11 is 0. The summed E-state index contributed by atoms with van der Waals surface area (Å²) in [6.07, 6.45) is 0. The molecule has 94 valence electrons. The first kappa shape index (κ1) is 13.4. The number of amides is 1. The summed E-state index contributed by atoms with van der Waals surface area (Å²) < 4.78 is 27.2. The van der Waals surface area contributed by atoms with E-state index in [1.165, 1.54) is 11.4 Å². The van der Waals surface area contributed by atoms with Crippen molar-refractivity contribution in [3.05, 3.63) is 0 Å². The molecule has 7 nitrogen and oxygen atoms in total. The Hall–Kier alpha value is -0.700. The molecule has 0 aromatic rings. The highest BCUT2D eigenvalue weighted by molar-refractivity contribution is 7.87. The van der Waals surface area contributed by atoms with Crippen molar-refractivity contribution in [3.8, 4) is 0 Å². The van der Waals surface area contributed by atoms with Gasteiger partial charge in [0, 0.05) is 33.2 Å². The van der Waals surface area contributed by atoms with Crippen LogP contribution in [-0.2, 0) is 15.0 Å². The molecule has 1 heterocycles. The Labute approximate surface area is 95.8 Å². The Balaban J connectivity index is 2.86. The smallest absolute Gasteiger partial charge is 0.280 e. The van der Waals surface area contributed by atoms with E-state index < -0.39 is 16.3 Å². The van der Waals surface area contributed by atoms with Crippen LogP contribution in [0.3, 0.4) is 0 Å². The predicted octanol–water partition coefficient (Wildman–Crippen LogP) is -2.14. The van der Waals surface area contributed by atoms with E-state index in [0.717, 1.165) is 0 Å². The molecule has 1 fully saturated rings. The lowest BCUT2D eigenvalue weighted by Crippen LogP contribution is -2.61. The number of carbonyl (C=O) groups is 1. The lowest BCUT2D eigenvalue weighted by Gasteiger charge is -2.33. The molecule has 0 aromatic heterocycles. The van der Waals surface area contributed by atoms with Gasteiger partial charge >= 0.3 is 0 Å². The van der Waals surface area contributed by atoms with Crippen molar-refractivity contribution in [1.82, 2.24) is 19.7 Å². The normalized spacial score (nSPS) is 23.0. The predicted molar refractivity (Wildman–Crippen MR) is 60.0 cm³/mol. The van der Waals surface area contributed by atoms with Crippen LogP contribution >= 0.6 is 0 Å². The second-order valence-corrected chi connectivity index (χ2v) is 5.16. The van der Waals surface area contributed by atoms with Gasteiger partial charge in [-0.15, -0.1) is 0 Å². The van der Waals surface area contributed by atoms with E-state index >= 15 is 0 Å². The average Bonchev–Trinajstić information content (AvgIpc) is 2.28. The van der Waals surface area contributed by atoms with Gasteiger partial charge in [-0.2, -0.15) is 12.7 Å². The van der Waals surface area contributed by atoms with Gasteiger partial charge in [0.25, 0.3) is 10.2 Å². The summed E-state index contributed by atoms with van der Waals surface area (Å²) in [5.41, 5.74) is 0. The van der Waals surface area contributed by atoms with Gasteiger partial charge in [-0.05, 0) is 0 Å². The van der Waals surface area contributed by atoms with Crippen LogP contribution in [0, 0.1) is 0 Å². The number of nitrogens with zero attached hydrogens (tertiary/aromatic N) is 1. The zero-order chi connectivity index (χ0) is 12.2. The molecule has 0 spiro atoms. The monoisotopic (exact) mass is 250 g/mol. The van der Waals surface area contributed by atoms with Crippen LogP contribution < -0.4 is 15.4 Å². The van der Waals surface area contributed by atoms with E-state index in [9.17, 15) is 13.2 Å². The van der Waals surface area contributed by atoms with Crippen LogP contribution in [0.4, 0.5) is 0 Å². The summed E-state index contributed by atoms with van der Waals surface area (Å²) in [6.45, 7) is 3.21. The van der Waals surface area contributed by atoms with Gasteiger partial charge in [-0.3, -0.25) is 4.79 Å². The maximum Gasteiger partial charge on any atom is 0.280 e. The minimum Gasteiger partial charge on any atom is -0.358 e. The third kappa shape index (κ3) is 2.91. The summed E-state index contributed by atoms with van der Waals surface area (Å²) in [4.78, 5) is 11.5. The highest BCUT2D eigenvalue weighted by Crippen LogP contribution is 2.08. The molecule has 8 heteroatoms. The fourth-order valence-corrected chi connectivity index (χ4v) is 3.00. The van der Waals surface area contributed by atoms with Crippen molar-refractivity contribution in [2.75, 3.05) is 33.2 Å². The second kappa shape index (κ2) is 5.58. The maximum absolute atomic E-state index is 11.8. The van der Waals surface area contributed by atoms with Gasteiger partial charge in [0.1, 0.15) is 6.04 Å². The summed E-state index contributed by atoms with van der Waals surface area (Å²) in [7, 11) is -2.06. The highest BCUT2D eigenvalue weighted by Gasteiger charge is 2.35. The first-order valence-electron chi connectivity index (χ1n) is 5.21. The van der Waals surface area contributed by atoms with Crippen LogP contribution in [0.25, 0.3) is 0 Å². The summed E-state index contributed by atoms with van der Waals surface area (Å²) in [5, 5.41) is 5.47. The van der Waals surface area contributed by atoms with E-state index in [1.807, 2.05) is 0 Å². The van der Waals surface area contributed by atoms with Gasteiger partial charge < -0.3 is 10.6 Å². The van der Waals surface area contributed by atoms with E-state index in [4.69, 9.17) is 0 Å². The van der Waals surface area contributed by atoms with E-state index in [-0.39, 0.29) is 5.91 Å². The van der Waals surface area contributed by atoms with Crippen molar-refractivity contribution in [2.24, 2.45) is 0 Å². The molecule has 0 radical (unpaired) electrons. The van der Waals surface area contributed by atoms with Gasteiger partial charge in [-0.1, -0.05) is 6.92 Å². The SMILES string of the molecule is CCNS(=O)(=O)N1CCNCC1C(=O)NC. The molecule has 0 bridgehead atoms. The number of nitrogens with one attached hydrogen (secondary N) is 3. The maximum atomic E-state index is 11.8.